The highest BCUT2D eigenvalue weighted by molar-refractivity contribution is 6.36. The smallest absolute Gasteiger partial charge is 0.0471 e. The van der Waals surface area contributed by atoms with Crippen LogP contribution in [0.4, 0.5) is 0 Å². The Morgan fingerprint density at radius 1 is 1.25 bits per heavy atom. The van der Waals surface area contributed by atoms with Crippen LogP contribution in [-0.4, -0.2) is 0 Å². The van der Waals surface area contributed by atoms with Gasteiger partial charge in [-0.2, -0.15) is 0 Å². The fourth-order valence-corrected chi connectivity index (χ4v) is 2.09. The van der Waals surface area contributed by atoms with Crippen molar-refractivity contribution in [2.24, 2.45) is 5.73 Å². The first-order valence-corrected chi connectivity index (χ1v) is 4.49. The molecule has 0 heterocycles. The average Bonchev–Trinajstić information content (AvgIpc) is 1.82. The van der Waals surface area contributed by atoms with E-state index >= 15 is 0 Å². The molecule has 2 N–H and O–H groups in total. The second-order valence-electron chi connectivity index (χ2n) is 2.93. The summed E-state index contributed by atoms with van der Waals surface area (Å²) in [4.78, 5) is 0. The molecular formula is C9H11Cl2N. The number of hydrogen-bond donors (Lipinski definition) is 1. The van der Waals surface area contributed by atoms with Crippen molar-refractivity contribution in [3.05, 3.63) is 33.3 Å². The molecule has 0 fully saturated rings. The Morgan fingerprint density at radius 3 is 2.00 bits per heavy atom. The van der Waals surface area contributed by atoms with E-state index in [2.05, 4.69) is 0 Å². The largest absolute Gasteiger partial charge is 0.324 e. The molecule has 3 heteroatoms. The molecule has 1 aromatic carbocycles. The number of hydrogen-bond acceptors (Lipinski definition) is 1. The Morgan fingerprint density at radius 2 is 1.67 bits per heavy atom. The minimum absolute atomic E-state index is 0.120. The first-order chi connectivity index (χ1) is 5.52. The molecule has 0 amide bonds. The summed E-state index contributed by atoms with van der Waals surface area (Å²) in [5, 5.41) is 1.30. The van der Waals surface area contributed by atoms with Crippen LogP contribution in [0, 0.1) is 6.92 Å². The molecule has 1 unspecified atom stereocenters. The topological polar surface area (TPSA) is 26.0 Å². The van der Waals surface area contributed by atoms with Gasteiger partial charge < -0.3 is 5.73 Å². The van der Waals surface area contributed by atoms with Crippen LogP contribution in [0.1, 0.15) is 24.1 Å². The first-order valence-electron chi connectivity index (χ1n) is 3.73. The minimum atomic E-state index is -0.120. The van der Waals surface area contributed by atoms with E-state index in [9.17, 15) is 0 Å². The Hall–Kier alpha value is -0.240. The first kappa shape index (κ1) is 9.85. The molecule has 0 aliphatic carbocycles. The summed E-state index contributed by atoms with van der Waals surface area (Å²) in [6.07, 6.45) is 0. The standard InChI is InChI=1S/C9H11Cl2N/c1-5-3-7(10)9(6(2)12)8(11)4-5/h3-4,6H,12H2,1-2H3. The Balaban J connectivity index is 3.28. The molecule has 1 aromatic rings. The molecule has 12 heavy (non-hydrogen) atoms. The lowest BCUT2D eigenvalue weighted by Gasteiger charge is -2.11. The van der Waals surface area contributed by atoms with Gasteiger partial charge >= 0.3 is 0 Å². The van der Waals surface area contributed by atoms with Crippen LogP contribution in [-0.2, 0) is 0 Å². The van der Waals surface area contributed by atoms with Crippen LogP contribution in [0.2, 0.25) is 10.0 Å². The lowest BCUT2D eigenvalue weighted by atomic mass is 10.1. The van der Waals surface area contributed by atoms with Crippen molar-refractivity contribution in [1.29, 1.82) is 0 Å². The predicted octanol–water partition coefficient (Wildman–Crippen LogP) is 3.32. The van der Waals surface area contributed by atoms with E-state index in [1.165, 1.54) is 0 Å². The number of benzene rings is 1. The van der Waals surface area contributed by atoms with E-state index < -0.39 is 0 Å². The lowest BCUT2D eigenvalue weighted by Crippen LogP contribution is -2.06. The number of rotatable bonds is 1. The van der Waals surface area contributed by atoms with E-state index in [0.717, 1.165) is 11.1 Å². The van der Waals surface area contributed by atoms with Gasteiger partial charge in [0.25, 0.3) is 0 Å². The Kier molecular flexibility index (Phi) is 2.99. The Labute approximate surface area is 82.5 Å². The molecule has 0 bridgehead atoms. The van der Waals surface area contributed by atoms with Gasteiger partial charge in [-0.15, -0.1) is 0 Å². The van der Waals surface area contributed by atoms with Gasteiger partial charge in [-0.3, -0.25) is 0 Å². The van der Waals surface area contributed by atoms with Crippen molar-refractivity contribution in [2.45, 2.75) is 19.9 Å². The summed E-state index contributed by atoms with van der Waals surface area (Å²) >= 11 is 11.9. The monoisotopic (exact) mass is 203 g/mol. The normalized spacial score (nSPS) is 13.1. The number of aryl methyl sites for hydroxylation is 1. The van der Waals surface area contributed by atoms with Crippen molar-refractivity contribution in [2.75, 3.05) is 0 Å². The van der Waals surface area contributed by atoms with Crippen LogP contribution < -0.4 is 5.73 Å². The quantitative estimate of drug-likeness (QED) is 0.745. The lowest BCUT2D eigenvalue weighted by molar-refractivity contribution is 0.818. The summed E-state index contributed by atoms with van der Waals surface area (Å²) < 4.78 is 0. The summed E-state index contributed by atoms with van der Waals surface area (Å²) in [5.41, 5.74) is 7.57. The van der Waals surface area contributed by atoms with Crippen molar-refractivity contribution in [3.8, 4) is 0 Å². The van der Waals surface area contributed by atoms with Gasteiger partial charge in [-0.05, 0) is 31.5 Å². The minimum Gasteiger partial charge on any atom is -0.324 e. The fourth-order valence-electron chi connectivity index (χ4n) is 1.15. The van der Waals surface area contributed by atoms with Gasteiger partial charge in [-0.25, -0.2) is 0 Å². The molecule has 0 aromatic heterocycles. The molecule has 0 aliphatic rings. The van der Waals surface area contributed by atoms with Gasteiger partial charge in [0.1, 0.15) is 0 Å². The van der Waals surface area contributed by atoms with Crippen LogP contribution in [0.15, 0.2) is 12.1 Å². The third-order valence-corrected chi connectivity index (χ3v) is 2.30. The van der Waals surface area contributed by atoms with Gasteiger partial charge in [0.15, 0.2) is 0 Å². The summed E-state index contributed by atoms with van der Waals surface area (Å²) in [5.74, 6) is 0. The van der Waals surface area contributed by atoms with E-state index in [1.54, 1.807) is 0 Å². The maximum Gasteiger partial charge on any atom is 0.0471 e. The SMILES string of the molecule is Cc1cc(Cl)c(C(C)N)c(Cl)c1. The summed E-state index contributed by atoms with van der Waals surface area (Å²) in [7, 11) is 0. The third-order valence-electron chi connectivity index (χ3n) is 1.68. The van der Waals surface area contributed by atoms with Crippen molar-refractivity contribution >= 4 is 23.2 Å². The fraction of sp³-hybridized carbons (Fsp3) is 0.333. The van der Waals surface area contributed by atoms with Crippen molar-refractivity contribution < 1.29 is 0 Å². The Bertz CT molecular complexity index is 272. The van der Waals surface area contributed by atoms with Crippen LogP contribution >= 0.6 is 23.2 Å². The third kappa shape index (κ3) is 1.92. The average molecular weight is 204 g/mol. The highest BCUT2D eigenvalue weighted by Gasteiger charge is 2.10. The van der Waals surface area contributed by atoms with E-state index in [1.807, 2.05) is 26.0 Å². The molecule has 1 nitrogen and oxygen atoms in total. The van der Waals surface area contributed by atoms with Crippen LogP contribution in [0.5, 0.6) is 0 Å². The van der Waals surface area contributed by atoms with Gasteiger partial charge in [0.05, 0.1) is 0 Å². The van der Waals surface area contributed by atoms with Crippen molar-refractivity contribution in [3.63, 3.8) is 0 Å². The zero-order valence-electron chi connectivity index (χ0n) is 7.07. The van der Waals surface area contributed by atoms with E-state index in [4.69, 9.17) is 28.9 Å². The molecule has 0 aliphatic heterocycles. The number of halogens is 2. The van der Waals surface area contributed by atoms with Gasteiger partial charge in [-0.1, -0.05) is 23.2 Å². The second-order valence-corrected chi connectivity index (χ2v) is 3.75. The molecule has 1 atom stereocenters. The predicted molar refractivity (Wildman–Crippen MR) is 53.8 cm³/mol. The zero-order chi connectivity index (χ0) is 9.30. The van der Waals surface area contributed by atoms with Gasteiger partial charge in [0, 0.05) is 21.7 Å². The highest BCUT2D eigenvalue weighted by atomic mass is 35.5. The zero-order valence-corrected chi connectivity index (χ0v) is 8.58. The molecule has 0 saturated carbocycles. The van der Waals surface area contributed by atoms with Crippen molar-refractivity contribution in [1.82, 2.24) is 0 Å². The molecule has 0 saturated heterocycles. The maximum absolute atomic E-state index is 5.97. The molecule has 66 valence electrons. The highest BCUT2D eigenvalue weighted by Crippen LogP contribution is 2.30. The van der Waals surface area contributed by atoms with Gasteiger partial charge in [0.2, 0.25) is 0 Å². The second kappa shape index (κ2) is 3.65. The van der Waals surface area contributed by atoms with E-state index in [0.29, 0.717) is 10.0 Å². The van der Waals surface area contributed by atoms with Crippen LogP contribution in [0.25, 0.3) is 0 Å². The van der Waals surface area contributed by atoms with E-state index in [-0.39, 0.29) is 6.04 Å². The molecule has 1 rings (SSSR count). The molecular weight excluding hydrogens is 193 g/mol. The molecule has 0 radical (unpaired) electrons. The number of nitrogens with two attached hydrogens (primary N) is 1. The maximum atomic E-state index is 5.97. The summed E-state index contributed by atoms with van der Waals surface area (Å²) in [6.45, 7) is 3.81. The van der Waals surface area contributed by atoms with Crippen LogP contribution in [0.3, 0.4) is 0 Å². The molecule has 0 spiro atoms. The summed E-state index contributed by atoms with van der Waals surface area (Å²) in [6, 6.07) is 3.61.